The van der Waals surface area contributed by atoms with Gasteiger partial charge in [-0.05, 0) is 74.3 Å². The molecule has 0 unspecified atom stereocenters. The van der Waals surface area contributed by atoms with Crippen molar-refractivity contribution in [2.75, 3.05) is 49.5 Å². The van der Waals surface area contributed by atoms with Crippen molar-refractivity contribution in [1.29, 1.82) is 0 Å². The van der Waals surface area contributed by atoms with Crippen molar-refractivity contribution in [3.8, 4) is 0 Å². The lowest BCUT2D eigenvalue weighted by Gasteiger charge is -2.35. The van der Waals surface area contributed by atoms with E-state index >= 15 is 4.39 Å². The third-order valence-electron chi connectivity index (χ3n) is 13.3. The second kappa shape index (κ2) is 25.8. The van der Waals surface area contributed by atoms with E-state index in [9.17, 15) is 48.3 Å². The highest BCUT2D eigenvalue weighted by molar-refractivity contribution is 6.02. The summed E-state index contributed by atoms with van der Waals surface area (Å²) in [6.07, 6.45) is 5.15. The first-order valence-corrected chi connectivity index (χ1v) is 25.3. The number of nitrogens with zero attached hydrogens (tertiary/aromatic N) is 7. The molecule has 2 aliphatic heterocycles. The number of benzene rings is 2. The number of anilines is 2. The van der Waals surface area contributed by atoms with E-state index in [1.807, 2.05) is 27.7 Å². The Morgan fingerprint density at radius 1 is 0.853 bits per heavy atom. The molecule has 2 aliphatic rings. The molecule has 404 valence electrons. The number of halogens is 1. The van der Waals surface area contributed by atoms with Gasteiger partial charge in [-0.25, -0.2) is 23.5 Å². The lowest BCUT2D eigenvalue weighted by molar-refractivity contribution is -0.138. The zero-order chi connectivity index (χ0) is 54.5. The third kappa shape index (κ3) is 14.7. The van der Waals surface area contributed by atoms with Crippen LogP contribution in [0.4, 0.5) is 25.4 Å². The van der Waals surface area contributed by atoms with Gasteiger partial charge in [0.15, 0.2) is 0 Å². The number of unbranched alkanes of at least 4 members (excludes halogenated alkanes) is 2. The molecule has 0 aliphatic carbocycles. The molecule has 0 bridgehead atoms. The number of fused-ring (bicyclic) bond motifs is 1. The minimum atomic E-state index is -1.39. The number of carbonyl (C=O) groups is 8. The molecule has 4 aromatic rings. The van der Waals surface area contributed by atoms with Crippen LogP contribution in [0.25, 0.3) is 10.9 Å². The molecule has 6 rings (SSSR count). The highest BCUT2D eigenvalue weighted by Gasteiger charge is 2.32. The summed E-state index contributed by atoms with van der Waals surface area (Å²) in [5, 5.41) is 29.4. The van der Waals surface area contributed by atoms with Gasteiger partial charge >= 0.3 is 18.1 Å². The second-order valence-corrected chi connectivity index (χ2v) is 19.3. The van der Waals surface area contributed by atoms with E-state index in [1.165, 1.54) is 26.7 Å². The summed E-state index contributed by atoms with van der Waals surface area (Å²) in [7, 11) is 0. The molecule has 2 aromatic heterocycles. The number of hydrogen-bond donors (Lipinski definition) is 6. The van der Waals surface area contributed by atoms with Crippen LogP contribution in [-0.2, 0) is 41.9 Å². The fourth-order valence-electron chi connectivity index (χ4n) is 9.02. The van der Waals surface area contributed by atoms with Gasteiger partial charge in [-0.2, -0.15) is 0 Å². The van der Waals surface area contributed by atoms with Crippen LogP contribution in [0.2, 0.25) is 0 Å². The maximum atomic E-state index is 15.4. The number of carboxylic acid groups (broad SMARTS) is 1. The topological polar surface area (TPSA) is 303 Å². The molecule has 2 saturated heterocycles. The summed E-state index contributed by atoms with van der Waals surface area (Å²) in [6, 6.07) is 6.08. The molecule has 3 atom stereocenters. The lowest BCUT2D eigenvalue weighted by atomic mass is 9.98. The van der Waals surface area contributed by atoms with Crippen molar-refractivity contribution in [3.63, 3.8) is 0 Å². The third-order valence-corrected chi connectivity index (χ3v) is 13.3. The van der Waals surface area contributed by atoms with Crippen LogP contribution in [0.15, 0.2) is 53.6 Å². The minimum absolute atomic E-state index is 0.0360. The Bertz CT molecular complexity index is 2790. The average Bonchev–Trinajstić information content (AvgIpc) is 3.98. The summed E-state index contributed by atoms with van der Waals surface area (Å²) in [4.78, 5) is 118. The van der Waals surface area contributed by atoms with E-state index in [1.54, 1.807) is 46.9 Å². The Morgan fingerprint density at radius 2 is 1.55 bits per heavy atom. The zero-order valence-electron chi connectivity index (χ0n) is 42.9. The van der Waals surface area contributed by atoms with Crippen LogP contribution < -0.4 is 37.3 Å². The number of aromatic nitrogens is 4. The van der Waals surface area contributed by atoms with Crippen LogP contribution in [0, 0.1) is 17.7 Å². The normalized spacial score (nSPS) is 15.0. The SMILES string of the molecule is CCn1cc(C(=O)O)c(=O)c2cc(F)c(N3CCN(C(=O)OCc4ccc(NC(=O)[C@H](CCCNC(N)=O)n5cc([C@@H](NC(=O)[C@H](NC(=O)CCCCCN6C(=O)CCC6=O)C(C)C)C(C)C)nn5)cc4)CC3)cc21. The fraction of sp³-hybridized carbons (Fsp3) is 0.510. The lowest BCUT2D eigenvalue weighted by Crippen LogP contribution is -2.51. The number of urea groups is 1. The van der Waals surface area contributed by atoms with Crippen molar-refractivity contribution >= 4 is 69.9 Å². The Labute approximate surface area is 432 Å². The highest BCUT2D eigenvalue weighted by Crippen LogP contribution is 2.28. The van der Waals surface area contributed by atoms with Gasteiger partial charge in [0.05, 0.1) is 23.4 Å². The molecular formula is C51H67FN12O11. The van der Waals surface area contributed by atoms with Crippen molar-refractivity contribution in [1.82, 2.24) is 45.3 Å². The number of carbonyl (C=O) groups excluding carboxylic acids is 7. The number of nitrogens with two attached hydrogens (primary N) is 1. The number of rotatable bonds is 24. The van der Waals surface area contributed by atoms with Gasteiger partial charge < -0.3 is 51.2 Å². The van der Waals surface area contributed by atoms with E-state index in [2.05, 4.69) is 31.6 Å². The fourth-order valence-corrected chi connectivity index (χ4v) is 9.02. The Morgan fingerprint density at radius 3 is 2.17 bits per heavy atom. The number of ether oxygens (including phenoxy) is 1. The summed E-state index contributed by atoms with van der Waals surface area (Å²) in [5.41, 5.74) is 6.10. The van der Waals surface area contributed by atoms with Gasteiger partial charge in [0, 0.05) is 82.3 Å². The first-order chi connectivity index (χ1) is 35.8. The van der Waals surface area contributed by atoms with E-state index in [4.69, 9.17) is 10.5 Å². The van der Waals surface area contributed by atoms with Gasteiger partial charge in [0.25, 0.3) is 0 Å². The maximum absolute atomic E-state index is 15.4. The Balaban J connectivity index is 1.02. The molecule has 0 radical (unpaired) electrons. The van der Waals surface area contributed by atoms with Gasteiger partial charge in [-0.1, -0.05) is 51.5 Å². The zero-order valence-corrected chi connectivity index (χ0v) is 42.9. The molecule has 24 heteroatoms. The number of aryl methyl sites for hydroxylation is 1. The number of piperazine rings is 1. The van der Waals surface area contributed by atoms with Crippen LogP contribution in [-0.4, -0.2) is 127 Å². The number of imide groups is 1. The molecule has 8 amide bonds. The number of amides is 8. The predicted molar refractivity (Wildman–Crippen MR) is 273 cm³/mol. The van der Waals surface area contributed by atoms with E-state index < -0.39 is 64.8 Å². The standard InChI is InChI=1S/C51H67FN12O11/c1-6-60-27-35(49(71)72)46(68)34-25-36(52)40(26-39(34)60)61-21-23-62(24-22-61)51(74)75-29-32-13-15-33(16-14-32)55-47(69)38(11-10-19-54-50(53)73)64-28-37(58-59-64)44(30(2)3)57-48(70)45(31(4)5)56-41(65)12-8-7-9-20-63-42(66)17-18-43(63)67/h13-16,25-28,30-31,38,44-45H,6-12,17-24,29H2,1-5H3,(H,55,69)(H,56,65)(H,57,70)(H,71,72)(H3,53,54,73)/t38-,44-,45+/m0/s1. The van der Waals surface area contributed by atoms with Crippen LogP contribution in [0.1, 0.15) is 120 Å². The van der Waals surface area contributed by atoms with Gasteiger partial charge in [0.1, 0.15) is 35.8 Å². The number of primary amides is 1. The van der Waals surface area contributed by atoms with E-state index in [0.717, 1.165) is 6.07 Å². The molecule has 2 aromatic carbocycles. The number of hydrogen-bond acceptors (Lipinski definition) is 13. The Kier molecular flexibility index (Phi) is 19.4. The first-order valence-electron chi connectivity index (χ1n) is 25.3. The van der Waals surface area contributed by atoms with Crippen LogP contribution in [0.5, 0.6) is 0 Å². The quantitative estimate of drug-likeness (QED) is 0.0424. The monoisotopic (exact) mass is 1040 g/mol. The van der Waals surface area contributed by atoms with Crippen LogP contribution >= 0.6 is 0 Å². The van der Waals surface area contributed by atoms with Crippen molar-refractivity contribution < 1.29 is 52.6 Å². The summed E-state index contributed by atoms with van der Waals surface area (Å²) in [6.45, 7) is 10.9. The number of aromatic carboxylic acids is 1. The largest absolute Gasteiger partial charge is 0.477 e. The molecule has 4 heterocycles. The summed E-state index contributed by atoms with van der Waals surface area (Å²) >= 11 is 0. The van der Waals surface area contributed by atoms with Crippen molar-refractivity contribution in [2.45, 2.75) is 117 Å². The highest BCUT2D eigenvalue weighted by atomic mass is 19.1. The predicted octanol–water partition coefficient (Wildman–Crippen LogP) is 4.20. The van der Waals surface area contributed by atoms with E-state index in [0.29, 0.717) is 61.2 Å². The number of likely N-dealkylation sites (tertiary alicyclic amines) is 1. The van der Waals surface area contributed by atoms with Gasteiger partial charge in [0.2, 0.25) is 35.0 Å². The number of pyridine rings is 1. The first kappa shape index (κ1) is 56.4. The molecule has 7 N–H and O–H groups in total. The van der Waals surface area contributed by atoms with Crippen LogP contribution in [0.3, 0.4) is 0 Å². The smallest absolute Gasteiger partial charge is 0.410 e. The minimum Gasteiger partial charge on any atom is -0.477 e. The summed E-state index contributed by atoms with van der Waals surface area (Å²) < 4.78 is 24.0. The molecule has 2 fully saturated rings. The molecule has 75 heavy (non-hydrogen) atoms. The molecule has 0 spiro atoms. The summed E-state index contributed by atoms with van der Waals surface area (Å²) in [5.74, 6) is -4.07. The van der Waals surface area contributed by atoms with E-state index in [-0.39, 0.29) is 106 Å². The average molecular weight is 1040 g/mol. The molecule has 0 saturated carbocycles. The molecule has 23 nitrogen and oxygen atoms in total. The number of carboxylic acids is 1. The van der Waals surface area contributed by atoms with Crippen molar-refractivity contribution in [3.05, 3.63) is 81.7 Å². The van der Waals surface area contributed by atoms with Gasteiger partial charge in [-0.3, -0.25) is 33.7 Å². The maximum Gasteiger partial charge on any atom is 0.410 e. The van der Waals surface area contributed by atoms with Gasteiger partial charge in [-0.15, -0.1) is 5.10 Å². The number of nitrogens with one attached hydrogen (secondary N) is 4. The Hall–Kier alpha value is -7.92. The molecular weight excluding hydrogens is 976 g/mol. The van der Waals surface area contributed by atoms with Crippen molar-refractivity contribution in [2.24, 2.45) is 17.6 Å². The second-order valence-electron chi connectivity index (χ2n) is 19.3.